The first-order valence-corrected chi connectivity index (χ1v) is 5.27. The van der Waals surface area contributed by atoms with Crippen molar-refractivity contribution >= 4 is 5.78 Å². The molecule has 0 aromatic heterocycles. The van der Waals surface area contributed by atoms with Gasteiger partial charge in [0.25, 0.3) is 0 Å². The molecular weight excluding hydrogens is 188 g/mol. The maximum atomic E-state index is 10.9. The van der Waals surface area contributed by atoms with Gasteiger partial charge in [-0.2, -0.15) is 0 Å². The van der Waals surface area contributed by atoms with Crippen LogP contribution in [0, 0.1) is 0 Å². The van der Waals surface area contributed by atoms with Gasteiger partial charge >= 0.3 is 0 Å². The summed E-state index contributed by atoms with van der Waals surface area (Å²) in [6, 6.07) is 8.03. The van der Waals surface area contributed by atoms with E-state index in [2.05, 4.69) is 19.1 Å². The zero-order valence-corrected chi connectivity index (χ0v) is 9.62. The van der Waals surface area contributed by atoms with Crippen LogP contribution in [0.4, 0.5) is 0 Å². The first-order chi connectivity index (χ1) is 7.13. The highest BCUT2D eigenvalue weighted by Crippen LogP contribution is 2.22. The number of Topliss-reactive ketones (excluding diaryl/α,β-unsaturated/α-hetero) is 1. The Hall–Kier alpha value is -1.31. The van der Waals surface area contributed by atoms with Crippen molar-refractivity contribution in [1.82, 2.24) is 0 Å². The van der Waals surface area contributed by atoms with E-state index in [1.807, 2.05) is 12.1 Å². The fraction of sp³-hybridized carbons (Fsp3) is 0.462. The van der Waals surface area contributed by atoms with Crippen molar-refractivity contribution in [3.63, 3.8) is 0 Å². The van der Waals surface area contributed by atoms with Crippen molar-refractivity contribution in [2.75, 3.05) is 7.11 Å². The van der Waals surface area contributed by atoms with E-state index in [0.717, 1.165) is 12.2 Å². The first kappa shape index (κ1) is 11.8. The van der Waals surface area contributed by atoms with Gasteiger partial charge in [-0.05, 0) is 37.0 Å². The van der Waals surface area contributed by atoms with Crippen molar-refractivity contribution < 1.29 is 9.53 Å². The zero-order chi connectivity index (χ0) is 11.3. The first-order valence-electron chi connectivity index (χ1n) is 5.27. The third-order valence-electron chi connectivity index (χ3n) is 2.61. The molecule has 0 amide bonds. The van der Waals surface area contributed by atoms with Gasteiger partial charge in [-0.25, -0.2) is 0 Å². The van der Waals surface area contributed by atoms with Crippen molar-refractivity contribution in [3.8, 4) is 5.75 Å². The molecule has 2 heteroatoms. The van der Waals surface area contributed by atoms with Crippen molar-refractivity contribution in [2.24, 2.45) is 0 Å². The number of carbonyl (C=O) groups is 1. The van der Waals surface area contributed by atoms with Crippen molar-refractivity contribution in [1.29, 1.82) is 0 Å². The molecule has 82 valence electrons. The molecule has 15 heavy (non-hydrogen) atoms. The molecule has 0 bridgehead atoms. The maximum Gasteiger partial charge on any atom is 0.129 e. The predicted octanol–water partition coefficient (Wildman–Crippen LogP) is 3.17. The van der Waals surface area contributed by atoms with Crippen LogP contribution in [0.5, 0.6) is 5.75 Å². The third-order valence-corrected chi connectivity index (χ3v) is 2.61. The number of ketones is 1. The lowest BCUT2D eigenvalue weighted by Gasteiger charge is -2.11. The molecule has 0 spiro atoms. The van der Waals surface area contributed by atoms with E-state index in [4.69, 9.17) is 4.74 Å². The molecule has 1 aromatic carbocycles. The molecule has 0 radical (unpaired) electrons. The molecule has 1 atom stereocenters. The third kappa shape index (κ3) is 3.74. The molecule has 0 aliphatic rings. The number of methoxy groups -OCH3 is 1. The summed E-state index contributed by atoms with van der Waals surface area (Å²) in [6.45, 7) is 3.78. The normalized spacial score (nSPS) is 12.2. The molecule has 0 heterocycles. The Kier molecular flexibility index (Phi) is 4.35. The fourth-order valence-electron chi connectivity index (χ4n) is 1.52. The second-order valence-corrected chi connectivity index (χ2v) is 3.91. The van der Waals surface area contributed by atoms with Gasteiger partial charge in [0.1, 0.15) is 11.5 Å². The molecule has 0 fully saturated rings. The minimum atomic E-state index is 0.260. The molecule has 0 saturated heterocycles. The number of benzene rings is 1. The van der Waals surface area contributed by atoms with E-state index in [0.29, 0.717) is 12.3 Å². The molecule has 1 unspecified atom stereocenters. The van der Waals surface area contributed by atoms with Crippen molar-refractivity contribution in [2.45, 2.75) is 32.6 Å². The van der Waals surface area contributed by atoms with Crippen molar-refractivity contribution in [3.05, 3.63) is 29.8 Å². The van der Waals surface area contributed by atoms with Gasteiger partial charge in [0.15, 0.2) is 0 Å². The summed E-state index contributed by atoms with van der Waals surface area (Å²) in [7, 11) is 1.66. The van der Waals surface area contributed by atoms with Crippen LogP contribution in [0.3, 0.4) is 0 Å². The Labute approximate surface area is 91.3 Å². The molecule has 0 aliphatic carbocycles. The highest BCUT2D eigenvalue weighted by molar-refractivity contribution is 5.75. The molecule has 2 nitrogen and oxygen atoms in total. The summed E-state index contributed by atoms with van der Waals surface area (Å²) in [5.74, 6) is 1.56. The second-order valence-electron chi connectivity index (χ2n) is 3.91. The minimum Gasteiger partial charge on any atom is -0.497 e. The van der Waals surface area contributed by atoms with Gasteiger partial charge < -0.3 is 9.53 Å². The largest absolute Gasteiger partial charge is 0.497 e. The van der Waals surface area contributed by atoms with Crippen LogP contribution in [-0.4, -0.2) is 12.9 Å². The highest BCUT2D eigenvalue weighted by Gasteiger charge is 2.06. The number of rotatable bonds is 5. The number of ether oxygens (including phenoxy) is 1. The van der Waals surface area contributed by atoms with Crippen LogP contribution in [0.2, 0.25) is 0 Å². The summed E-state index contributed by atoms with van der Waals surface area (Å²) < 4.78 is 5.09. The van der Waals surface area contributed by atoms with Crippen LogP contribution in [-0.2, 0) is 4.79 Å². The summed E-state index contributed by atoms with van der Waals surface area (Å²) >= 11 is 0. The Morgan fingerprint density at radius 2 is 1.93 bits per heavy atom. The number of hydrogen-bond acceptors (Lipinski definition) is 2. The lowest BCUT2D eigenvalue weighted by atomic mass is 9.95. The van der Waals surface area contributed by atoms with Gasteiger partial charge in [-0.15, -0.1) is 0 Å². The Bertz CT molecular complexity index is 314. The molecular formula is C13H18O2. The van der Waals surface area contributed by atoms with Gasteiger partial charge in [0.05, 0.1) is 7.11 Å². The second kappa shape index (κ2) is 5.54. The summed E-state index contributed by atoms with van der Waals surface area (Å²) in [6.07, 6.45) is 1.58. The van der Waals surface area contributed by atoms with E-state index in [1.165, 1.54) is 5.56 Å². The minimum absolute atomic E-state index is 0.260. The zero-order valence-electron chi connectivity index (χ0n) is 9.62. The Morgan fingerprint density at radius 3 is 2.40 bits per heavy atom. The highest BCUT2D eigenvalue weighted by atomic mass is 16.5. The maximum absolute atomic E-state index is 10.9. The quantitative estimate of drug-likeness (QED) is 0.739. The van der Waals surface area contributed by atoms with E-state index >= 15 is 0 Å². The summed E-state index contributed by atoms with van der Waals surface area (Å²) in [4.78, 5) is 10.9. The lowest BCUT2D eigenvalue weighted by molar-refractivity contribution is -0.117. The number of carbonyl (C=O) groups excluding carboxylic acids is 1. The van der Waals surface area contributed by atoms with Gasteiger partial charge in [0.2, 0.25) is 0 Å². The van der Waals surface area contributed by atoms with Gasteiger partial charge in [-0.3, -0.25) is 0 Å². The van der Waals surface area contributed by atoms with Crippen LogP contribution >= 0.6 is 0 Å². The van der Waals surface area contributed by atoms with Crippen LogP contribution in [0.25, 0.3) is 0 Å². The standard InChI is InChI=1S/C13H18O2/c1-10(4-5-11(2)14)12-6-8-13(15-3)9-7-12/h6-10H,4-5H2,1-3H3. The van der Waals surface area contributed by atoms with Gasteiger partial charge in [-0.1, -0.05) is 19.1 Å². The van der Waals surface area contributed by atoms with Crippen LogP contribution in [0.1, 0.15) is 38.2 Å². The average Bonchev–Trinajstić information content (AvgIpc) is 2.26. The van der Waals surface area contributed by atoms with E-state index in [9.17, 15) is 4.79 Å². The smallest absolute Gasteiger partial charge is 0.129 e. The molecule has 0 saturated carbocycles. The lowest BCUT2D eigenvalue weighted by Crippen LogP contribution is -1.98. The average molecular weight is 206 g/mol. The van der Waals surface area contributed by atoms with Crippen LogP contribution < -0.4 is 4.74 Å². The Balaban J connectivity index is 2.57. The van der Waals surface area contributed by atoms with E-state index in [-0.39, 0.29) is 5.78 Å². The molecule has 1 rings (SSSR count). The molecule has 0 N–H and O–H groups in total. The molecule has 0 aliphatic heterocycles. The van der Waals surface area contributed by atoms with Crippen LogP contribution in [0.15, 0.2) is 24.3 Å². The summed E-state index contributed by atoms with van der Waals surface area (Å²) in [5, 5.41) is 0. The number of hydrogen-bond donors (Lipinski definition) is 0. The SMILES string of the molecule is COc1ccc(C(C)CCC(C)=O)cc1. The summed E-state index contributed by atoms with van der Waals surface area (Å²) in [5.41, 5.74) is 1.26. The van der Waals surface area contributed by atoms with Gasteiger partial charge in [0, 0.05) is 6.42 Å². The van der Waals surface area contributed by atoms with E-state index in [1.54, 1.807) is 14.0 Å². The monoisotopic (exact) mass is 206 g/mol. The Morgan fingerprint density at radius 1 is 1.33 bits per heavy atom. The van der Waals surface area contributed by atoms with E-state index < -0.39 is 0 Å². The topological polar surface area (TPSA) is 26.3 Å². The predicted molar refractivity (Wildman–Crippen MR) is 61.3 cm³/mol. The molecule has 1 aromatic rings. The fourth-order valence-corrected chi connectivity index (χ4v) is 1.52.